The normalized spacial score (nSPS) is 16.4. The first kappa shape index (κ1) is 19.0. The number of nitrogens with one attached hydrogen (secondary N) is 2. The molecule has 1 saturated heterocycles. The standard InChI is InChI=1S/C19H20Cl2FN3O/c1-13(19(26)23-18-6-5-15(21)12-17(18)22)24-7-9-25(10-8-24)16-4-2-3-14(20)11-16/h2-6,11-13H,7-10H2,1H3,(H,23,26)/p+1/t13-/m0/s1. The van der Waals surface area contributed by atoms with Gasteiger partial charge in [-0.05, 0) is 43.3 Å². The Bertz CT molecular complexity index is 794. The van der Waals surface area contributed by atoms with Crippen molar-refractivity contribution in [3.8, 4) is 0 Å². The molecule has 1 fully saturated rings. The molecular formula is C19H21Cl2FN3O+. The van der Waals surface area contributed by atoms with E-state index in [-0.39, 0.29) is 17.6 Å². The van der Waals surface area contributed by atoms with Gasteiger partial charge in [-0.25, -0.2) is 4.39 Å². The first-order valence-electron chi connectivity index (χ1n) is 8.55. The van der Waals surface area contributed by atoms with E-state index < -0.39 is 5.82 Å². The van der Waals surface area contributed by atoms with Crippen molar-refractivity contribution in [2.75, 3.05) is 36.4 Å². The molecule has 138 valence electrons. The maximum Gasteiger partial charge on any atom is 0.282 e. The number of halogens is 3. The molecule has 0 radical (unpaired) electrons. The highest BCUT2D eigenvalue weighted by molar-refractivity contribution is 6.31. The lowest BCUT2D eigenvalue weighted by Crippen LogP contribution is -3.19. The van der Waals surface area contributed by atoms with Crippen LogP contribution in [-0.4, -0.2) is 38.1 Å². The second-order valence-electron chi connectivity index (χ2n) is 6.46. The summed E-state index contributed by atoms with van der Waals surface area (Å²) in [5.74, 6) is -0.726. The summed E-state index contributed by atoms with van der Waals surface area (Å²) in [6.45, 7) is 5.19. The van der Waals surface area contributed by atoms with E-state index in [0.29, 0.717) is 5.02 Å². The van der Waals surface area contributed by atoms with Gasteiger partial charge in [0.1, 0.15) is 5.82 Å². The number of nitrogens with zero attached hydrogens (tertiary/aromatic N) is 1. The SMILES string of the molecule is C[C@@H](C(=O)Nc1ccc(Cl)cc1F)[NH+]1CCN(c2cccc(Cl)c2)CC1. The van der Waals surface area contributed by atoms with E-state index in [9.17, 15) is 9.18 Å². The van der Waals surface area contributed by atoms with Crippen molar-refractivity contribution < 1.29 is 14.1 Å². The minimum Gasteiger partial charge on any atom is -0.360 e. The Labute approximate surface area is 162 Å². The lowest BCUT2D eigenvalue weighted by atomic mass is 10.2. The second kappa shape index (κ2) is 8.25. The molecule has 0 unspecified atom stereocenters. The molecule has 2 aromatic carbocycles. The van der Waals surface area contributed by atoms with Gasteiger partial charge in [0, 0.05) is 15.7 Å². The van der Waals surface area contributed by atoms with Crippen LogP contribution in [0.3, 0.4) is 0 Å². The maximum atomic E-state index is 13.9. The maximum absolute atomic E-state index is 13.9. The Morgan fingerprint density at radius 1 is 1.15 bits per heavy atom. The Kier molecular flexibility index (Phi) is 6.01. The van der Waals surface area contributed by atoms with Gasteiger partial charge >= 0.3 is 0 Å². The molecular weight excluding hydrogens is 376 g/mol. The van der Waals surface area contributed by atoms with E-state index >= 15 is 0 Å². The van der Waals surface area contributed by atoms with Crippen molar-refractivity contribution in [1.29, 1.82) is 0 Å². The van der Waals surface area contributed by atoms with Crippen LogP contribution in [0, 0.1) is 5.82 Å². The number of benzene rings is 2. The summed E-state index contributed by atoms with van der Waals surface area (Å²) in [7, 11) is 0. The average Bonchev–Trinajstić information content (AvgIpc) is 2.63. The molecule has 1 aliphatic heterocycles. The molecule has 26 heavy (non-hydrogen) atoms. The van der Waals surface area contributed by atoms with Gasteiger partial charge in [-0.2, -0.15) is 0 Å². The lowest BCUT2D eigenvalue weighted by molar-refractivity contribution is -0.914. The zero-order valence-electron chi connectivity index (χ0n) is 14.4. The lowest BCUT2D eigenvalue weighted by Gasteiger charge is -2.36. The number of carbonyl (C=O) groups excluding carboxylic acids is 1. The van der Waals surface area contributed by atoms with Crippen LogP contribution >= 0.6 is 23.2 Å². The molecule has 0 saturated carbocycles. The molecule has 3 rings (SSSR count). The summed E-state index contributed by atoms with van der Waals surface area (Å²) in [5, 5.41) is 3.68. The molecule has 4 nitrogen and oxygen atoms in total. The number of carbonyl (C=O) groups is 1. The van der Waals surface area contributed by atoms with Gasteiger partial charge in [0.05, 0.1) is 31.9 Å². The highest BCUT2D eigenvalue weighted by Gasteiger charge is 2.29. The number of amides is 1. The van der Waals surface area contributed by atoms with Crippen molar-refractivity contribution >= 4 is 40.5 Å². The molecule has 1 aliphatic rings. The number of hydrogen-bond donors (Lipinski definition) is 2. The number of anilines is 2. The minimum atomic E-state index is -0.529. The summed E-state index contributed by atoms with van der Waals surface area (Å²) in [6.07, 6.45) is 0. The Morgan fingerprint density at radius 3 is 2.50 bits per heavy atom. The van der Waals surface area contributed by atoms with Crippen molar-refractivity contribution in [2.45, 2.75) is 13.0 Å². The smallest absolute Gasteiger partial charge is 0.282 e. The summed E-state index contributed by atoms with van der Waals surface area (Å²) in [6, 6.07) is 11.7. The van der Waals surface area contributed by atoms with Crippen molar-refractivity contribution in [1.82, 2.24) is 0 Å². The summed E-state index contributed by atoms with van der Waals surface area (Å²) in [4.78, 5) is 15.9. The first-order chi connectivity index (χ1) is 12.4. The predicted molar refractivity (Wildman–Crippen MR) is 104 cm³/mol. The van der Waals surface area contributed by atoms with Crippen LogP contribution in [0.1, 0.15) is 6.92 Å². The molecule has 7 heteroatoms. The summed E-state index contributed by atoms with van der Waals surface area (Å²) < 4.78 is 13.9. The summed E-state index contributed by atoms with van der Waals surface area (Å²) in [5.41, 5.74) is 1.25. The number of rotatable bonds is 4. The van der Waals surface area contributed by atoms with E-state index in [1.165, 1.54) is 17.0 Å². The van der Waals surface area contributed by atoms with Crippen LogP contribution in [0.4, 0.5) is 15.8 Å². The molecule has 2 aromatic rings. The topological polar surface area (TPSA) is 36.8 Å². The van der Waals surface area contributed by atoms with Crippen molar-refractivity contribution in [2.24, 2.45) is 0 Å². The zero-order valence-corrected chi connectivity index (χ0v) is 15.9. The molecule has 0 aromatic heterocycles. The van der Waals surface area contributed by atoms with Crippen molar-refractivity contribution in [3.05, 3.63) is 58.3 Å². The van der Waals surface area contributed by atoms with E-state index in [1.807, 2.05) is 31.2 Å². The fraction of sp³-hybridized carbons (Fsp3) is 0.316. The highest BCUT2D eigenvalue weighted by atomic mass is 35.5. The minimum absolute atomic E-state index is 0.156. The number of hydrogen-bond acceptors (Lipinski definition) is 2. The highest BCUT2D eigenvalue weighted by Crippen LogP contribution is 2.20. The van der Waals surface area contributed by atoms with Crippen LogP contribution in [0.5, 0.6) is 0 Å². The van der Waals surface area contributed by atoms with Crippen LogP contribution in [0.2, 0.25) is 10.0 Å². The monoisotopic (exact) mass is 396 g/mol. The van der Waals surface area contributed by atoms with Crippen LogP contribution < -0.4 is 15.1 Å². The zero-order chi connectivity index (χ0) is 18.7. The molecule has 0 spiro atoms. The van der Waals surface area contributed by atoms with Crippen LogP contribution in [0.15, 0.2) is 42.5 Å². The quantitative estimate of drug-likeness (QED) is 0.833. The van der Waals surface area contributed by atoms with Gasteiger partial charge in [0.15, 0.2) is 6.04 Å². The van der Waals surface area contributed by atoms with E-state index in [2.05, 4.69) is 10.2 Å². The van der Waals surface area contributed by atoms with Gasteiger partial charge < -0.3 is 15.1 Å². The molecule has 2 N–H and O–H groups in total. The van der Waals surface area contributed by atoms with Gasteiger partial charge in [0.2, 0.25) is 0 Å². The third kappa shape index (κ3) is 4.47. The fourth-order valence-corrected chi connectivity index (χ4v) is 3.52. The van der Waals surface area contributed by atoms with Gasteiger partial charge in [-0.15, -0.1) is 0 Å². The molecule has 0 aliphatic carbocycles. The van der Waals surface area contributed by atoms with E-state index in [0.717, 1.165) is 36.9 Å². The average molecular weight is 397 g/mol. The molecule has 1 amide bonds. The van der Waals surface area contributed by atoms with Gasteiger partial charge in [-0.3, -0.25) is 4.79 Å². The van der Waals surface area contributed by atoms with Crippen LogP contribution in [-0.2, 0) is 4.79 Å². The largest absolute Gasteiger partial charge is 0.360 e. The second-order valence-corrected chi connectivity index (χ2v) is 7.33. The summed E-state index contributed by atoms with van der Waals surface area (Å²) >= 11 is 11.8. The first-order valence-corrected chi connectivity index (χ1v) is 9.30. The van der Waals surface area contributed by atoms with Crippen molar-refractivity contribution in [3.63, 3.8) is 0 Å². The van der Waals surface area contributed by atoms with Crippen LogP contribution in [0.25, 0.3) is 0 Å². The van der Waals surface area contributed by atoms with E-state index in [4.69, 9.17) is 23.2 Å². The van der Waals surface area contributed by atoms with E-state index in [1.54, 1.807) is 6.07 Å². The van der Waals surface area contributed by atoms with Gasteiger partial charge in [-0.1, -0.05) is 29.3 Å². The third-order valence-electron chi connectivity index (χ3n) is 4.77. The molecule has 0 bridgehead atoms. The molecule has 1 heterocycles. The Morgan fingerprint density at radius 2 is 1.85 bits per heavy atom. The Balaban J connectivity index is 1.57. The number of quaternary nitrogens is 1. The molecule has 1 atom stereocenters. The third-order valence-corrected chi connectivity index (χ3v) is 5.24. The number of piperazine rings is 1. The predicted octanol–water partition coefficient (Wildman–Crippen LogP) is 2.86. The van der Waals surface area contributed by atoms with Gasteiger partial charge in [0.25, 0.3) is 5.91 Å². The fourth-order valence-electron chi connectivity index (χ4n) is 3.18. The Hall–Kier alpha value is -1.82.